The van der Waals surface area contributed by atoms with Crippen molar-refractivity contribution in [3.05, 3.63) is 46.6 Å². The molecule has 0 heterocycles. The van der Waals surface area contributed by atoms with Crippen LogP contribution in [0.2, 0.25) is 0 Å². The van der Waals surface area contributed by atoms with Crippen LogP contribution in [0.3, 0.4) is 0 Å². The van der Waals surface area contributed by atoms with E-state index in [9.17, 15) is 14.5 Å². The van der Waals surface area contributed by atoms with Gasteiger partial charge in [-0.3, -0.25) is 10.1 Å². The molecule has 56 valence electrons. The van der Waals surface area contributed by atoms with Crippen molar-refractivity contribution in [3.8, 4) is 0 Å². The van der Waals surface area contributed by atoms with E-state index in [2.05, 4.69) is 0 Å². The van der Waals surface area contributed by atoms with E-state index >= 15 is 0 Å². The van der Waals surface area contributed by atoms with Gasteiger partial charge in [0.1, 0.15) is 5.82 Å². The zero-order valence-corrected chi connectivity index (χ0v) is 5.45. The molecular formula is C7H4FNO2. The fourth-order valence-electron chi connectivity index (χ4n) is 0.630. The van der Waals surface area contributed by atoms with E-state index < -0.39 is 10.7 Å². The van der Waals surface area contributed by atoms with Crippen molar-refractivity contribution >= 4 is 5.69 Å². The Labute approximate surface area is 62.6 Å². The number of hydrogen-bond acceptors (Lipinski definition) is 2. The third-order valence-electron chi connectivity index (χ3n) is 1.19. The average Bonchev–Trinajstić information content (AvgIpc) is 1.94. The minimum Gasteiger partial charge on any atom is -0.258 e. The molecule has 0 saturated heterocycles. The third-order valence-corrected chi connectivity index (χ3v) is 1.19. The van der Waals surface area contributed by atoms with Crippen LogP contribution in [0.1, 0.15) is 5.56 Å². The van der Waals surface area contributed by atoms with E-state index in [0.717, 1.165) is 18.2 Å². The summed E-state index contributed by atoms with van der Waals surface area (Å²) in [6, 6.07) is 3.10. The highest BCUT2D eigenvalue weighted by atomic mass is 19.1. The zero-order chi connectivity index (χ0) is 8.43. The number of hydrogen-bond donors (Lipinski definition) is 0. The Balaban J connectivity index is 3.15. The van der Waals surface area contributed by atoms with Gasteiger partial charge in [0.25, 0.3) is 5.69 Å². The SMILES string of the molecule is [CH]c1ccc([N+](=O)[O-])cc1F. The second-order valence-electron chi connectivity index (χ2n) is 1.96. The van der Waals surface area contributed by atoms with Crippen LogP contribution in [-0.4, -0.2) is 4.92 Å². The number of nitro benzene ring substituents is 1. The summed E-state index contributed by atoms with van der Waals surface area (Å²) < 4.78 is 12.5. The Morgan fingerprint density at radius 2 is 2.18 bits per heavy atom. The summed E-state index contributed by atoms with van der Waals surface area (Å²) in [4.78, 5) is 9.38. The van der Waals surface area contributed by atoms with Crippen LogP contribution in [0.15, 0.2) is 18.2 Å². The largest absolute Gasteiger partial charge is 0.272 e. The number of halogens is 1. The van der Waals surface area contributed by atoms with Gasteiger partial charge in [0, 0.05) is 13.0 Å². The van der Waals surface area contributed by atoms with Crippen molar-refractivity contribution in [3.63, 3.8) is 0 Å². The first-order chi connectivity index (χ1) is 5.11. The summed E-state index contributed by atoms with van der Waals surface area (Å²) in [5.41, 5.74) is -0.382. The second kappa shape index (κ2) is 2.65. The number of benzene rings is 1. The Hall–Kier alpha value is -1.45. The molecule has 3 nitrogen and oxygen atoms in total. The van der Waals surface area contributed by atoms with Crippen molar-refractivity contribution in [2.75, 3.05) is 0 Å². The predicted molar refractivity (Wildman–Crippen MR) is 36.5 cm³/mol. The van der Waals surface area contributed by atoms with Crippen LogP contribution in [-0.2, 0) is 0 Å². The molecule has 0 spiro atoms. The molecule has 0 unspecified atom stereocenters. The minimum absolute atomic E-state index is 0.0874. The first-order valence-corrected chi connectivity index (χ1v) is 2.80. The molecule has 0 aliphatic rings. The first kappa shape index (κ1) is 7.65. The van der Waals surface area contributed by atoms with Gasteiger partial charge in [0.05, 0.1) is 11.0 Å². The lowest BCUT2D eigenvalue weighted by Gasteiger charge is -1.93. The Bertz CT molecular complexity index is 298. The molecule has 2 radical (unpaired) electrons. The van der Waals surface area contributed by atoms with Gasteiger partial charge in [-0.05, 0) is 11.6 Å². The van der Waals surface area contributed by atoms with Gasteiger partial charge in [0.15, 0.2) is 0 Å². The summed E-state index contributed by atoms with van der Waals surface area (Å²) in [5.74, 6) is -0.765. The lowest BCUT2D eigenvalue weighted by atomic mass is 10.2. The van der Waals surface area contributed by atoms with Crippen molar-refractivity contribution < 1.29 is 9.31 Å². The van der Waals surface area contributed by atoms with Crippen molar-refractivity contribution in [2.24, 2.45) is 0 Å². The molecule has 0 saturated carbocycles. The summed E-state index contributed by atoms with van der Waals surface area (Å²) in [6.07, 6.45) is 0. The summed E-state index contributed by atoms with van der Waals surface area (Å²) in [7, 11) is 0. The van der Waals surface area contributed by atoms with Crippen LogP contribution in [0.25, 0.3) is 0 Å². The molecule has 0 amide bonds. The smallest absolute Gasteiger partial charge is 0.258 e. The van der Waals surface area contributed by atoms with Crippen LogP contribution in [0, 0.1) is 22.9 Å². The van der Waals surface area contributed by atoms with E-state index in [-0.39, 0.29) is 11.3 Å². The van der Waals surface area contributed by atoms with E-state index in [4.69, 9.17) is 6.92 Å². The van der Waals surface area contributed by atoms with Crippen LogP contribution in [0.4, 0.5) is 10.1 Å². The average molecular weight is 153 g/mol. The summed E-state index contributed by atoms with van der Waals surface area (Å²) >= 11 is 0. The van der Waals surface area contributed by atoms with Gasteiger partial charge in [-0.2, -0.15) is 0 Å². The molecule has 1 aromatic rings. The van der Waals surface area contributed by atoms with Gasteiger partial charge in [-0.25, -0.2) is 4.39 Å². The summed E-state index contributed by atoms with van der Waals surface area (Å²) in [6.45, 7) is 5.09. The first-order valence-electron chi connectivity index (χ1n) is 2.80. The standard InChI is InChI=1S/C7H4FNO2/c1-5-2-3-6(9(10)11)4-7(5)8/h1-4H. The molecule has 11 heavy (non-hydrogen) atoms. The maximum Gasteiger partial charge on any atom is 0.272 e. The molecule has 0 N–H and O–H groups in total. The van der Waals surface area contributed by atoms with Gasteiger partial charge in [0.2, 0.25) is 0 Å². The molecule has 4 heteroatoms. The number of nitrogens with zero attached hydrogens (tertiary/aromatic N) is 1. The monoisotopic (exact) mass is 153 g/mol. The minimum atomic E-state index is -0.765. The van der Waals surface area contributed by atoms with Crippen molar-refractivity contribution in [1.82, 2.24) is 0 Å². The number of non-ortho nitro benzene ring substituents is 1. The quantitative estimate of drug-likeness (QED) is 0.456. The van der Waals surface area contributed by atoms with Gasteiger partial charge >= 0.3 is 0 Å². The Morgan fingerprint density at radius 3 is 2.64 bits per heavy atom. The lowest BCUT2D eigenvalue weighted by Crippen LogP contribution is -1.89. The third kappa shape index (κ3) is 1.52. The van der Waals surface area contributed by atoms with Crippen LogP contribution < -0.4 is 0 Å². The summed E-state index contributed by atoms with van der Waals surface area (Å²) in [5, 5.41) is 10.1. The molecule has 0 aliphatic heterocycles. The zero-order valence-electron chi connectivity index (χ0n) is 5.45. The highest BCUT2D eigenvalue weighted by molar-refractivity contribution is 5.35. The Morgan fingerprint density at radius 1 is 1.55 bits per heavy atom. The van der Waals surface area contributed by atoms with Gasteiger partial charge < -0.3 is 0 Å². The van der Waals surface area contributed by atoms with E-state index in [1.165, 1.54) is 0 Å². The maximum absolute atomic E-state index is 12.5. The molecule has 0 bridgehead atoms. The highest BCUT2D eigenvalue weighted by Gasteiger charge is 2.07. The maximum atomic E-state index is 12.5. The van der Waals surface area contributed by atoms with Crippen molar-refractivity contribution in [1.29, 1.82) is 0 Å². The lowest BCUT2D eigenvalue weighted by molar-refractivity contribution is -0.385. The highest BCUT2D eigenvalue weighted by Crippen LogP contribution is 2.14. The molecular weight excluding hydrogens is 149 g/mol. The van der Waals surface area contributed by atoms with Crippen molar-refractivity contribution in [2.45, 2.75) is 0 Å². The van der Waals surface area contributed by atoms with Gasteiger partial charge in [-0.1, -0.05) is 0 Å². The molecule has 1 rings (SSSR count). The van der Waals surface area contributed by atoms with Crippen LogP contribution >= 0.6 is 0 Å². The number of nitro groups is 1. The Kier molecular flexibility index (Phi) is 1.85. The normalized spacial score (nSPS) is 9.64. The topological polar surface area (TPSA) is 43.1 Å². The van der Waals surface area contributed by atoms with E-state index in [1.807, 2.05) is 0 Å². The fourth-order valence-corrected chi connectivity index (χ4v) is 0.630. The molecule has 1 aromatic carbocycles. The molecule has 0 atom stereocenters. The van der Waals surface area contributed by atoms with Crippen LogP contribution in [0.5, 0.6) is 0 Å². The fraction of sp³-hybridized carbons (Fsp3) is 0. The predicted octanol–water partition coefficient (Wildman–Crippen LogP) is 1.79. The number of rotatable bonds is 1. The van der Waals surface area contributed by atoms with E-state index in [1.54, 1.807) is 0 Å². The second-order valence-corrected chi connectivity index (χ2v) is 1.96. The van der Waals surface area contributed by atoms with Gasteiger partial charge in [-0.15, -0.1) is 0 Å². The molecule has 0 aromatic heterocycles. The molecule has 0 fully saturated rings. The molecule has 0 aliphatic carbocycles. The van der Waals surface area contributed by atoms with E-state index in [0.29, 0.717) is 0 Å².